The van der Waals surface area contributed by atoms with E-state index in [9.17, 15) is 13.2 Å². The minimum absolute atomic E-state index is 0.194. The maximum Gasteiger partial charge on any atom is 0.243 e. The van der Waals surface area contributed by atoms with Gasteiger partial charge in [-0.05, 0) is 37.6 Å². The van der Waals surface area contributed by atoms with Crippen LogP contribution < -0.4 is 5.32 Å². The van der Waals surface area contributed by atoms with Crippen molar-refractivity contribution < 1.29 is 17.9 Å². The molecule has 2 heterocycles. The lowest BCUT2D eigenvalue weighted by Crippen LogP contribution is -2.40. The van der Waals surface area contributed by atoms with E-state index in [1.807, 2.05) is 24.3 Å². The molecule has 0 aliphatic carbocycles. The number of fused-ring (bicyclic) bond motifs is 1. The van der Waals surface area contributed by atoms with E-state index in [1.54, 1.807) is 26.0 Å². The molecule has 1 unspecified atom stereocenters. The summed E-state index contributed by atoms with van der Waals surface area (Å²) in [7, 11) is -3.66. The monoisotopic (exact) mass is 472 g/mol. The summed E-state index contributed by atoms with van der Waals surface area (Å²) in [5.41, 5.74) is 1.88. The van der Waals surface area contributed by atoms with Gasteiger partial charge in [-0.3, -0.25) is 4.79 Å². The van der Waals surface area contributed by atoms with Crippen LogP contribution in [0.25, 0.3) is 10.9 Å². The number of ether oxygens (including phenoxy) is 1. The summed E-state index contributed by atoms with van der Waals surface area (Å²) in [5, 5.41) is 4.00. The zero-order chi connectivity index (χ0) is 22.7. The number of thioether (sulfide) groups is 1. The molecule has 0 radical (unpaired) electrons. The van der Waals surface area contributed by atoms with Crippen molar-refractivity contribution >= 4 is 44.3 Å². The van der Waals surface area contributed by atoms with Gasteiger partial charge in [-0.15, -0.1) is 0 Å². The Morgan fingerprint density at radius 2 is 1.91 bits per heavy atom. The van der Waals surface area contributed by atoms with Crippen molar-refractivity contribution in [1.29, 1.82) is 0 Å². The third-order valence-corrected chi connectivity index (χ3v) is 8.36. The highest BCUT2D eigenvalue weighted by Crippen LogP contribution is 2.29. The number of morpholine rings is 1. The van der Waals surface area contributed by atoms with Crippen LogP contribution in [0, 0.1) is 6.92 Å². The van der Waals surface area contributed by atoms with Crippen molar-refractivity contribution in [3.05, 3.63) is 54.4 Å². The lowest BCUT2D eigenvalue weighted by atomic mass is 10.2. The molecule has 2 aromatic carbocycles. The normalized spacial score (nSPS) is 16.1. The summed E-state index contributed by atoms with van der Waals surface area (Å²) in [6, 6.07) is 12.6. The van der Waals surface area contributed by atoms with Gasteiger partial charge >= 0.3 is 0 Å². The third-order valence-electron chi connectivity index (χ3n) is 5.21. The molecule has 1 N–H and O–H groups in total. The SMILES string of the molecule is Cc1ccc(NC(=O)C(C)Sc2ncnc3ccccc23)cc1S(=O)(=O)N1CCOCC1. The van der Waals surface area contributed by atoms with Crippen LogP contribution in [0.4, 0.5) is 5.69 Å². The van der Waals surface area contributed by atoms with E-state index in [2.05, 4.69) is 15.3 Å². The minimum atomic E-state index is -3.66. The van der Waals surface area contributed by atoms with Crippen LogP contribution in [0.5, 0.6) is 0 Å². The van der Waals surface area contributed by atoms with Gasteiger partial charge in [0.05, 0.1) is 28.9 Å². The summed E-state index contributed by atoms with van der Waals surface area (Å²) >= 11 is 1.33. The number of sulfonamides is 1. The average Bonchev–Trinajstić information content (AvgIpc) is 2.81. The maximum absolute atomic E-state index is 13.1. The molecule has 1 amide bonds. The van der Waals surface area contributed by atoms with E-state index < -0.39 is 15.3 Å². The minimum Gasteiger partial charge on any atom is -0.379 e. The molecule has 0 saturated carbocycles. The molecule has 32 heavy (non-hydrogen) atoms. The second kappa shape index (κ2) is 9.53. The standard InChI is InChI=1S/C22H24N4O4S2/c1-15-7-8-17(13-20(15)32(28,29)26-9-11-30-12-10-26)25-21(27)16(2)31-22-18-5-3-4-6-19(18)23-14-24-22/h3-8,13-14,16H,9-12H2,1-2H3,(H,25,27). The van der Waals surface area contributed by atoms with E-state index in [4.69, 9.17) is 4.74 Å². The number of amides is 1. The van der Waals surface area contributed by atoms with E-state index >= 15 is 0 Å². The second-order valence-corrected chi connectivity index (χ2v) is 10.7. The number of carbonyl (C=O) groups excluding carboxylic acids is 1. The van der Waals surface area contributed by atoms with Crippen LogP contribution in [0.1, 0.15) is 12.5 Å². The topological polar surface area (TPSA) is 101 Å². The molecule has 1 aromatic heterocycles. The molecular formula is C22H24N4O4S2. The Bertz CT molecular complexity index is 1240. The number of aryl methyl sites for hydroxylation is 1. The van der Waals surface area contributed by atoms with E-state index in [-0.39, 0.29) is 10.8 Å². The molecule has 4 rings (SSSR count). The first-order valence-corrected chi connectivity index (χ1v) is 12.5. The smallest absolute Gasteiger partial charge is 0.243 e. The number of benzene rings is 2. The summed E-state index contributed by atoms with van der Waals surface area (Å²) in [6.07, 6.45) is 1.48. The quantitative estimate of drug-likeness (QED) is 0.435. The Hall–Kier alpha value is -2.53. The van der Waals surface area contributed by atoms with E-state index in [0.29, 0.717) is 37.6 Å². The van der Waals surface area contributed by atoms with Gasteiger partial charge in [0.1, 0.15) is 11.4 Å². The number of nitrogens with one attached hydrogen (secondary N) is 1. The molecule has 8 nitrogen and oxygen atoms in total. The van der Waals surface area contributed by atoms with Crippen LogP contribution in [-0.2, 0) is 19.6 Å². The highest BCUT2D eigenvalue weighted by atomic mass is 32.2. The molecule has 168 valence electrons. The van der Waals surface area contributed by atoms with E-state index in [0.717, 1.165) is 15.9 Å². The van der Waals surface area contributed by atoms with Crippen molar-refractivity contribution in [2.24, 2.45) is 0 Å². The lowest BCUT2D eigenvalue weighted by molar-refractivity contribution is -0.115. The summed E-state index contributed by atoms with van der Waals surface area (Å²) in [6.45, 7) is 4.92. The first kappa shape index (κ1) is 22.7. The molecular weight excluding hydrogens is 448 g/mol. The van der Waals surface area contributed by atoms with Gasteiger partial charge in [0.25, 0.3) is 0 Å². The predicted molar refractivity (Wildman–Crippen MR) is 124 cm³/mol. The van der Waals surface area contributed by atoms with Gasteiger partial charge in [-0.1, -0.05) is 36.0 Å². The highest BCUT2D eigenvalue weighted by molar-refractivity contribution is 8.00. The third kappa shape index (κ3) is 4.78. The molecule has 1 atom stereocenters. The highest BCUT2D eigenvalue weighted by Gasteiger charge is 2.28. The zero-order valence-corrected chi connectivity index (χ0v) is 19.4. The number of para-hydroxylation sites is 1. The van der Waals surface area contributed by atoms with Gasteiger partial charge in [0.15, 0.2) is 0 Å². The van der Waals surface area contributed by atoms with Crippen molar-refractivity contribution in [2.75, 3.05) is 31.6 Å². The van der Waals surface area contributed by atoms with Crippen molar-refractivity contribution in [3.8, 4) is 0 Å². The van der Waals surface area contributed by atoms with Crippen LogP contribution in [0.2, 0.25) is 0 Å². The molecule has 0 bridgehead atoms. The van der Waals surface area contributed by atoms with Crippen molar-refractivity contribution in [1.82, 2.24) is 14.3 Å². The summed E-state index contributed by atoms with van der Waals surface area (Å²) in [4.78, 5) is 21.6. The summed E-state index contributed by atoms with van der Waals surface area (Å²) < 4.78 is 32.9. The Balaban J connectivity index is 1.51. The van der Waals surface area contributed by atoms with Crippen LogP contribution in [-0.4, -0.2) is 60.2 Å². The number of rotatable bonds is 6. The molecule has 1 aliphatic rings. The van der Waals surface area contributed by atoms with E-state index in [1.165, 1.54) is 28.5 Å². The zero-order valence-electron chi connectivity index (χ0n) is 17.8. The Kier molecular flexibility index (Phi) is 6.75. The Labute approximate surface area is 191 Å². The number of carbonyl (C=O) groups is 1. The second-order valence-electron chi connectivity index (χ2n) is 7.44. The molecule has 3 aromatic rings. The molecule has 1 fully saturated rings. The molecule has 1 saturated heterocycles. The fourth-order valence-corrected chi connectivity index (χ4v) is 5.99. The predicted octanol–water partition coefficient (Wildman–Crippen LogP) is 3.08. The van der Waals surface area contributed by atoms with Gasteiger partial charge in [0.2, 0.25) is 15.9 Å². The van der Waals surface area contributed by atoms with Crippen LogP contribution in [0.15, 0.2) is 58.7 Å². The first-order chi connectivity index (χ1) is 15.4. The summed E-state index contributed by atoms with van der Waals surface area (Å²) in [5.74, 6) is -0.240. The first-order valence-electron chi connectivity index (χ1n) is 10.2. The maximum atomic E-state index is 13.1. The Morgan fingerprint density at radius 1 is 1.16 bits per heavy atom. The van der Waals surface area contributed by atoms with Crippen LogP contribution >= 0.6 is 11.8 Å². The molecule has 10 heteroatoms. The fourth-order valence-electron chi connectivity index (χ4n) is 3.42. The number of aromatic nitrogens is 2. The van der Waals surface area contributed by atoms with Crippen molar-refractivity contribution in [3.63, 3.8) is 0 Å². The molecule has 1 aliphatic heterocycles. The molecule has 0 spiro atoms. The van der Waals surface area contributed by atoms with Gasteiger partial charge in [-0.25, -0.2) is 18.4 Å². The van der Waals surface area contributed by atoms with Gasteiger partial charge < -0.3 is 10.1 Å². The fraction of sp³-hybridized carbons (Fsp3) is 0.318. The largest absolute Gasteiger partial charge is 0.379 e. The van der Waals surface area contributed by atoms with Gasteiger partial charge in [0, 0.05) is 24.2 Å². The number of hydrogen-bond donors (Lipinski definition) is 1. The van der Waals surface area contributed by atoms with Crippen LogP contribution in [0.3, 0.4) is 0 Å². The Morgan fingerprint density at radius 3 is 2.69 bits per heavy atom. The number of hydrogen-bond acceptors (Lipinski definition) is 7. The lowest BCUT2D eigenvalue weighted by Gasteiger charge is -2.27. The van der Waals surface area contributed by atoms with Gasteiger partial charge in [-0.2, -0.15) is 4.31 Å². The number of nitrogens with zero attached hydrogens (tertiary/aromatic N) is 3. The number of anilines is 1. The van der Waals surface area contributed by atoms with Crippen molar-refractivity contribution in [2.45, 2.75) is 29.0 Å². The average molecular weight is 473 g/mol.